The lowest BCUT2D eigenvalue weighted by atomic mass is 10.1. The van der Waals surface area contributed by atoms with Crippen LogP contribution >= 0.6 is 0 Å². The third-order valence-electron chi connectivity index (χ3n) is 3.65. The van der Waals surface area contributed by atoms with Crippen LogP contribution in [0.1, 0.15) is 18.1 Å². The molecule has 6 heteroatoms. The SMILES string of the molecule is CCN1CCOC(CNCc2ccc(C(F)(F)F)cc2)C1. The number of halogens is 3. The summed E-state index contributed by atoms with van der Waals surface area (Å²) >= 11 is 0. The van der Waals surface area contributed by atoms with Gasteiger partial charge in [0, 0.05) is 26.2 Å². The normalized spacial score (nSPS) is 20.7. The number of rotatable bonds is 5. The molecule has 1 saturated heterocycles. The Hall–Kier alpha value is -1.11. The Bertz CT molecular complexity index is 434. The second-order valence-electron chi connectivity index (χ2n) is 5.21. The maximum atomic E-state index is 12.4. The fourth-order valence-electron chi connectivity index (χ4n) is 2.38. The molecule has 0 spiro atoms. The Morgan fingerprint density at radius 3 is 2.62 bits per heavy atom. The second kappa shape index (κ2) is 7.24. The van der Waals surface area contributed by atoms with E-state index in [4.69, 9.17) is 4.74 Å². The van der Waals surface area contributed by atoms with E-state index in [0.29, 0.717) is 13.1 Å². The van der Waals surface area contributed by atoms with Crippen molar-refractivity contribution in [2.75, 3.05) is 32.8 Å². The van der Waals surface area contributed by atoms with Crippen LogP contribution in [0.3, 0.4) is 0 Å². The number of hydrogen-bond acceptors (Lipinski definition) is 3. The number of nitrogens with zero attached hydrogens (tertiary/aromatic N) is 1. The molecule has 0 aromatic heterocycles. The zero-order chi connectivity index (χ0) is 15.3. The zero-order valence-corrected chi connectivity index (χ0v) is 12.1. The molecule has 1 aromatic carbocycles. The van der Waals surface area contributed by atoms with E-state index < -0.39 is 11.7 Å². The molecule has 3 nitrogen and oxygen atoms in total. The number of ether oxygens (including phenoxy) is 1. The van der Waals surface area contributed by atoms with Gasteiger partial charge in [-0.15, -0.1) is 0 Å². The zero-order valence-electron chi connectivity index (χ0n) is 12.1. The van der Waals surface area contributed by atoms with Crippen LogP contribution in [-0.2, 0) is 17.5 Å². The molecule has 0 aliphatic carbocycles. The highest BCUT2D eigenvalue weighted by Crippen LogP contribution is 2.29. The van der Waals surface area contributed by atoms with Crippen molar-refractivity contribution in [1.82, 2.24) is 10.2 Å². The smallest absolute Gasteiger partial charge is 0.374 e. The van der Waals surface area contributed by atoms with E-state index >= 15 is 0 Å². The monoisotopic (exact) mass is 302 g/mol. The Kier molecular flexibility index (Phi) is 5.61. The topological polar surface area (TPSA) is 24.5 Å². The van der Waals surface area contributed by atoms with Crippen molar-refractivity contribution >= 4 is 0 Å². The molecular weight excluding hydrogens is 281 g/mol. The van der Waals surface area contributed by atoms with Gasteiger partial charge in [-0.25, -0.2) is 0 Å². The summed E-state index contributed by atoms with van der Waals surface area (Å²) in [5, 5.41) is 3.24. The van der Waals surface area contributed by atoms with Gasteiger partial charge < -0.3 is 10.1 Å². The first kappa shape index (κ1) is 16.3. The number of nitrogens with one attached hydrogen (secondary N) is 1. The van der Waals surface area contributed by atoms with Gasteiger partial charge in [0.15, 0.2) is 0 Å². The lowest BCUT2D eigenvalue weighted by Gasteiger charge is -2.32. The summed E-state index contributed by atoms with van der Waals surface area (Å²) in [6.07, 6.45) is -4.13. The predicted molar refractivity (Wildman–Crippen MR) is 75.0 cm³/mol. The van der Waals surface area contributed by atoms with Crippen LogP contribution in [0.2, 0.25) is 0 Å². The molecule has 1 aliphatic heterocycles. The summed E-state index contributed by atoms with van der Waals surface area (Å²) in [6, 6.07) is 5.26. The van der Waals surface area contributed by atoms with Crippen LogP contribution in [0.15, 0.2) is 24.3 Å². The molecule has 0 saturated carbocycles. The highest BCUT2D eigenvalue weighted by Gasteiger charge is 2.29. The molecule has 1 unspecified atom stereocenters. The van der Waals surface area contributed by atoms with E-state index in [1.165, 1.54) is 12.1 Å². The van der Waals surface area contributed by atoms with Crippen LogP contribution in [0.25, 0.3) is 0 Å². The highest BCUT2D eigenvalue weighted by atomic mass is 19.4. The van der Waals surface area contributed by atoms with Crippen molar-refractivity contribution in [1.29, 1.82) is 0 Å². The summed E-state index contributed by atoms with van der Waals surface area (Å²) in [4.78, 5) is 2.33. The molecule has 0 radical (unpaired) electrons. The molecule has 0 amide bonds. The van der Waals surface area contributed by atoms with Gasteiger partial charge in [-0.1, -0.05) is 19.1 Å². The summed E-state index contributed by atoms with van der Waals surface area (Å²) in [5.74, 6) is 0. The maximum absolute atomic E-state index is 12.4. The molecule has 0 bridgehead atoms. The van der Waals surface area contributed by atoms with E-state index in [1.54, 1.807) is 0 Å². The van der Waals surface area contributed by atoms with Crippen molar-refractivity contribution in [3.63, 3.8) is 0 Å². The van der Waals surface area contributed by atoms with Gasteiger partial charge in [0.05, 0.1) is 18.3 Å². The molecule has 21 heavy (non-hydrogen) atoms. The summed E-state index contributed by atoms with van der Waals surface area (Å²) in [6.45, 7) is 6.99. The molecule has 1 atom stereocenters. The quantitative estimate of drug-likeness (QED) is 0.904. The number of alkyl halides is 3. The fraction of sp³-hybridized carbons (Fsp3) is 0.600. The van der Waals surface area contributed by atoms with E-state index in [2.05, 4.69) is 17.1 Å². The average Bonchev–Trinajstić information content (AvgIpc) is 2.47. The molecule has 1 fully saturated rings. The highest BCUT2D eigenvalue weighted by molar-refractivity contribution is 5.24. The Morgan fingerprint density at radius 2 is 2.00 bits per heavy atom. The van der Waals surface area contributed by atoms with Gasteiger partial charge in [-0.05, 0) is 24.2 Å². The molecule has 1 aromatic rings. The lowest BCUT2D eigenvalue weighted by molar-refractivity contribution is -0.137. The minimum Gasteiger partial charge on any atom is -0.374 e. The lowest BCUT2D eigenvalue weighted by Crippen LogP contribution is -2.46. The van der Waals surface area contributed by atoms with Crippen molar-refractivity contribution in [2.24, 2.45) is 0 Å². The molecular formula is C15H21F3N2O. The first-order valence-electron chi connectivity index (χ1n) is 7.20. The third kappa shape index (κ3) is 4.98. The van der Waals surface area contributed by atoms with Crippen molar-refractivity contribution in [3.05, 3.63) is 35.4 Å². The van der Waals surface area contributed by atoms with Gasteiger partial charge in [0.1, 0.15) is 0 Å². The summed E-state index contributed by atoms with van der Waals surface area (Å²) in [5.41, 5.74) is 0.228. The fourth-order valence-corrected chi connectivity index (χ4v) is 2.38. The maximum Gasteiger partial charge on any atom is 0.416 e. The Balaban J connectivity index is 1.76. The Morgan fingerprint density at radius 1 is 1.29 bits per heavy atom. The molecule has 118 valence electrons. The number of morpholine rings is 1. The Labute approximate surface area is 123 Å². The van der Waals surface area contributed by atoms with Crippen LogP contribution < -0.4 is 5.32 Å². The summed E-state index contributed by atoms with van der Waals surface area (Å²) in [7, 11) is 0. The molecule has 2 rings (SSSR count). The van der Waals surface area contributed by atoms with E-state index in [-0.39, 0.29) is 6.10 Å². The largest absolute Gasteiger partial charge is 0.416 e. The molecule has 1 N–H and O–H groups in total. The average molecular weight is 302 g/mol. The first-order valence-corrected chi connectivity index (χ1v) is 7.20. The minimum absolute atomic E-state index is 0.146. The minimum atomic E-state index is -4.27. The van der Waals surface area contributed by atoms with Crippen LogP contribution in [0.5, 0.6) is 0 Å². The first-order chi connectivity index (χ1) is 9.99. The van der Waals surface area contributed by atoms with Gasteiger partial charge >= 0.3 is 6.18 Å². The number of likely N-dealkylation sites (N-methyl/N-ethyl adjacent to an activating group) is 1. The van der Waals surface area contributed by atoms with Crippen LogP contribution in [0, 0.1) is 0 Å². The standard InChI is InChI=1S/C15H21F3N2O/c1-2-20-7-8-21-14(11-20)10-19-9-12-3-5-13(6-4-12)15(16,17)18/h3-6,14,19H,2,7-11H2,1H3. The van der Waals surface area contributed by atoms with Crippen molar-refractivity contribution in [2.45, 2.75) is 25.7 Å². The van der Waals surface area contributed by atoms with E-state index in [9.17, 15) is 13.2 Å². The van der Waals surface area contributed by atoms with Gasteiger partial charge in [0.25, 0.3) is 0 Å². The summed E-state index contributed by atoms with van der Waals surface area (Å²) < 4.78 is 43.0. The van der Waals surface area contributed by atoms with Crippen molar-refractivity contribution < 1.29 is 17.9 Å². The van der Waals surface area contributed by atoms with Crippen LogP contribution in [-0.4, -0.2) is 43.8 Å². The van der Waals surface area contributed by atoms with Gasteiger partial charge in [-0.2, -0.15) is 13.2 Å². The molecule has 1 aliphatic rings. The van der Waals surface area contributed by atoms with E-state index in [0.717, 1.165) is 43.9 Å². The van der Waals surface area contributed by atoms with Gasteiger partial charge in [-0.3, -0.25) is 4.90 Å². The van der Waals surface area contributed by atoms with Crippen LogP contribution in [0.4, 0.5) is 13.2 Å². The number of hydrogen-bond donors (Lipinski definition) is 1. The second-order valence-corrected chi connectivity index (χ2v) is 5.21. The number of benzene rings is 1. The molecule has 1 heterocycles. The van der Waals surface area contributed by atoms with Crippen molar-refractivity contribution in [3.8, 4) is 0 Å². The van der Waals surface area contributed by atoms with Gasteiger partial charge in [0.2, 0.25) is 0 Å². The predicted octanol–water partition coefficient (Wildman–Crippen LogP) is 2.52. The third-order valence-corrected chi connectivity index (χ3v) is 3.65. The van der Waals surface area contributed by atoms with E-state index in [1.807, 2.05) is 0 Å².